The van der Waals surface area contributed by atoms with Crippen LogP contribution < -0.4 is 15.8 Å². The highest BCUT2D eigenvalue weighted by molar-refractivity contribution is 5.77. The minimum atomic E-state index is -0.793. The number of aromatic hydroxyl groups is 1. The van der Waals surface area contributed by atoms with Crippen molar-refractivity contribution in [3.8, 4) is 5.75 Å². The van der Waals surface area contributed by atoms with E-state index in [0.717, 1.165) is 17.9 Å². The summed E-state index contributed by atoms with van der Waals surface area (Å²) in [7, 11) is 0. The smallest absolute Gasteiger partial charge is 0.268 e. The number of anilines is 1. The van der Waals surface area contributed by atoms with Crippen LogP contribution in [0.25, 0.3) is 6.08 Å². The summed E-state index contributed by atoms with van der Waals surface area (Å²) in [6, 6.07) is 8.09. The number of likely N-dealkylation sites (N-methyl/N-ethyl adjacent to an activating group) is 1. The van der Waals surface area contributed by atoms with E-state index >= 15 is 0 Å². The monoisotopic (exact) mass is 283 g/mol. The molecule has 4 nitrogen and oxygen atoms in total. The summed E-state index contributed by atoms with van der Waals surface area (Å²) in [5, 5.41) is 9.60. The molecule has 0 aromatic heterocycles. The molecule has 0 amide bonds. The lowest BCUT2D eigenvalue weighted by molar-refractivity contribution is 0.461. The lowest BCUT2D eigenvalue weighted by Gasteiger charge is -2.26. The van der Waals surface area contributed by atoms with E-state index in [1.807, 2.05) is 25.1 Å². The normalized spacial score (nSPS) is 18.4. The SMILES string of the molecule is CCN1/C(=C/c2c(O)c(=O)c2=O)C(C)(C)c2ccccc21. The molecule has 0 saturated heterocycles. The Morgan fingerprint density at radius 3 is 2.48 bits per heavy atom. The maximum absolute atomic E-state index is 11.6. The zero-order valence-electron chi connectivity index (χ0n) is 12.3. The van der Waals surface area contributed by atoms with Gasteiger partial charge in [0.1, 0.15) is 0 Å². The molecule has 1 N–H and O–H groups in total. The molecular weight excluding hydrogens is 266 g/mol. The summed E-state index contributed by atoms with van der Waals surface area (Å²) in [5.74, 6) is -0.421. The first-order chi connectivity index (χ1) is 9.89. The van der Waals surface area contributed by atoms with Crippen molar-refractivity contribution in [2.75, 3.05) is 11.4 Å². The lowest BCUT2D eigenvalue weighted by Crippen LogP contribution is -2.34. The number of hydrogen-bond acceptors (Lipinski definition) is 4. The molecule has 0 bridgehead atoms. The minimum Gasteiger partial charge on any atom is -0.504 e. The highest BCUT2D eigenvalue weighted by Gasteiger charge is 2.39. The first kappa shape index (κ1) is 13.6. The lowest BCUT2D eigenvalue weighted by atomic mass is 9.83. The molecule has 2 aromatic carbocycles. The molecule has 108 valence electrons. The van der Waals surface area contributed by atoms with Crippen LogP contribution in [0.5, 0.6) is 5.75 Å². The molecule has 0 atom stereocenters. The molecule has 1 aliphatic rings. The maximum atomic E-state index is 11.6. The molecule has 0 spiro atoms. The second kappa shape index (κ2) is 4.32. The van der Waals surface area contributed by atoms with E-state index in [1.54, 1.807) is 6.08 Å². The summed E-state index contributed by atoms with van der Waals surface area (Å²) >= 11 is 0. The molecule has 1 aliphatic heterocycles. The van der Waals surface area contributed by atoms with Crippen LogP contribution in [0.1, 0.15) is 31.9 Å². The van der Waals surface area contributed by atoms with Gasteiger partial charge in [-0.1, -0.05) is 32.0 Å². The fourth-order valence-electron chi connectivity index (χ4n) is 3.11. The van der Waals surface area contributed by atoms with Crippen LogP contribution in [0.2, 0.25) is 0 Å². The van der Waals surface area contributed by atoms with Gasteiger partial charge in [0.05, 0.1) is 5.56 Å². The summed E-state index contributed by atoms with van der Waals surface area (Å²) in [4.78, 5) is 24.9. The molecule has 21 heavy (non-hydrogen) atoms. The fourth-order valence-corrected chi connectivity index (χ4v) is 3.11. The van der Waals surface area contributed by atoms with Crippen LogP contribution in [0.4, 0.5) is 5.69 Å². The third-order valence-corrected chi connectivity index (χ3v) is 4.32. The fraction of sp³-hybridized carbons (Fsp3) is 0.294. The second-order valence-electron chi connectivity index (χ2n) is 5.84. The van der Waals surface area contributed by atoms with Gasteiger partial charge in [0.2, 0.25) is 5.43 Å². The largest absolute Gasteiger partial charge is 0.504 e. The van der Waals surface area contributed by atoms with Crippen LogP contribution in [-0.2, 0) is 5.41 Å². The van der Waals surface area contributed by atoms with Gasteiger partial charge in [-0.15, -0.1) is 0 Å². The molecular formula is C17H17NO3. The van der Waals surface area contributed by atoms with Crippen molar-refractivity contribution < 1.29 is 5.11 Å². The van der Waals surface area contributed by atoms with E-state index < -0.39 is 16.6 Å². The third kappa shape index (κ3) is 1.68. The van der Waals surface area contributed by atoms with Gasteiger partial charge >= 0.3 is 0 Å². The number of benzene rings is 1. The van der Waals surface area contributed by atoms with Crippen molar-refractivity contribution in [3.05, 3.63) is 61.5 Å². The zero-order valence-corrected chi connectivity index (χ0v) is 12.3. The van der Waals surface area contributed by atoms with Crippen molar-refractivity contribution in [2.45, 2.75) is 26.2 Å². The Kier molecular flexibility index (Phi) is 2.80. The zero-order chi connectivity index (χ0) is 15.4. The number of hydrogen-bond donors (Lipinski definition) is 1. The highest BCUT2D eigenvalue weighted by Crippen LogP contribution is 2.48. The van der Waals surface area contributed by atoms with Gasteiger partial charge in [-0.3, -0.25) is 9.59 Å². The number of allylic oxidation sites excluding steroid dienone is 1. The summed E-state index contributed by atoms with van der Waals surface area (Å²) in [6.45, 7) is 6.95. The average Bonchev–Trinajstić information content (AvgIpc) is 2.71. The Morgan fingerprint density at radius 1 is 1.19 bits per heavy atom. The van der Waals surface area contributed by atoms with Gasteiger partial charge in [0, 0.05) is 23.3 Å². The van der Waals surface area contributed by atoms with E-state index in [4.69, 9.17) is 0 Å². The van der Waals surface area contributed by atoms with E-state index in [0.29, 0.717) is 0 Å². The van der Waals surface area contributed by atoms with Crippen LogP contribution in [-0.4, -0.2) is 11.7 Å². The first-order valence-corrected chi connectivity index (χ1v) is 7.01. The Bertz CT molecular complexity index is 823. The van der Waals surface area contributed by atoms with Gasteiger partial charge in [-0.2, -0.15) is 0 Å². The van der Waals surface area contributed by atoms with Crippen molar-refractivity contribution in [3.63, 3.8) is 0 Å². The topological polar surface area (TPSA) is 57.6 Å². The Hall–Kier alpha value is -2.36. The molecule has 0 fully saturated rings. The number of fused-ring (bicyclic) bond motifs is 1. The number of nitrogens with zero attached hydrogens (tertiary/aromatic N) is 1. The minimum absolute atomic E-state index is 0.120. The summed E-state index contributed by atoms with van der Waals surface area (Å²) in [6.07, 6.45) is 1.66. The third-order valence-electron chi connectivity index (χ3n) is 4.32. The van der Waals surface area contributed by atoms with Crippen molar-refractivity contribution in [1.82, 2.24) is 0 Å². The Labute approximate surface area is 122 Å². The molecule has 0 unspecified atom stereocenters. The molecule has 2 aromatic rings. The van der Waals surface area contributed by atoms with Gasteiger partial charge in [-0.05, 0) is 24.6 Å². The quantitative estimate of drug-likeness (QED) is 0.858. The van der Waals surface area contributed by atoms with Gasteiger partial charge in [0.25, 0.3) is 5.43 Å². The van der Waals surface area contributed by atoms with E-state index in [1.165, 1.54) is 5.56 Å². The van der Waals surface area contributed by atoms with Crippen molar-refractivity contribution in [1.29, 1.82) is 0 Å². The van der Waals surface area contributed by atoms with Crippen LogP contribution in [0.15, 0.2) is 39.6 Å². The highest BCUT2D eigenvalue weighted by atomic mass is 16.3. The standard InChI is InChI=1S/C17H17NO3/c1-4-18-12-8-6-5-7-11(12)17(2,3)13(18)9-10-14(19)16(21)15(10)20/h5-9,19H,4H2,1-3H3/b13-9+. The van der Waals surface area contributed by atoms with E-state index in [9.17, 15) is 14.7 Å². The predicted octanol–water partition coefficient (Wildman–Crippen LogP) is 2.15. The van der Waals surface area contributed by atoms with Gasteiger partial charge < -0.3 is 10.0 Å². The Balaban J connectivity index is 2.20. The predicted molar refractivity (Wildman–Crippen MR) is 83.5 cm³/mol. The van der Waals surface area contributed by atoms with E-state index in [2.05, 4.69) is 24.8 Å². The summed E-state index contributed by atoms with van der Waals surface area (Å²) in [5.41, 5.74) is 1.65. The Morgan fingerprint density at radius 2 is 1.86 bits per heavy atom. The molecule has 0 radical (unpaired) electrons. The van der Waals surface area contributed by atoms with Crippen molar-refractivity contribution in [2.24, 2.45) is 0 Å². The van der Waals surface area contributed by atoms with Gasteiger partial charge in [0.15, 0.2) is 5.75 Å². The van der Waals surface area contributed by atoms with Crippen LogP contribution >= 0.6 is 0 Å². The van der Waals surface area contributed by atoms with Crippen LogP contribution in [0.3, 0.4) is 0 Å². The number of para-hydroxylation sites is 1. The maximum Gasteiger partial charge on any atom is 0.268 e. The van der Waals surface area contributed by atoms with Gasteiger partial charge in [-0.25, -0.2) is 0 Å². The second-order valence-corrected chi connectivity index (χ2v) is 5.84. The molecule has 0 saturated carbocycles. The molecule has 0 aliphatic carbocycles. The average molecular weight is 283 g/mol. The number of rotatable bonds is 2. The summed E-state index contributed by atoms with van der Waals surface area (Å²) < 4.78 is 0. The molecule has 1 heterocycles. The first-order valence-electron chi connectivity index (χ1n) is 7.01. The molecule has 4 heteroatoms. The van der Waals surface area contributed by atoms with E-state index in [-0.39, 0.29) is 11.0 Å². The van der Waals surface area contributed by atoms with Crippen LogP contribution in [0, 0.1) is 0 Å². The molecule has 3 rings (SSSR count). The van der Waals surface area contributed by atoms with Crippen molar-refractivity contribution >= 4 is 11.8 Å².